The Bertz CT molecular complexity index is 2820. The van der Waals surface area contributed by atoms with Crippen LogP contribution in [0.4, 0.5) is 0 Å². The predicted octanol–water partition coefficient (Wildman–Crippen LogP) is 12.9. The summed E-state index contributed by atoms with van der Waals surface area (Å²) in [7, 11) is 0. The first-order valence-electron chi connectivity index (χ1n) is 17.7. The van der Waals surface area contributed by atoms with Crippen LogP contribution < -0.4 is 0 Å². The SMILES string of the molecule is CC1(C)c2ccccc2-c2ccc(-c3nc(-c4cccc(-c5ccccc5)c4)nc(-c4cccc5c4sc4c(-c6ccccc6)cccc45)n3)cc21. The van der Waals surface area contributed by atoms with Crippen molar-refractivity contribution in [2.75, 3.05) is 0 Å². The van der Waals surface area contributed by atoms with Crippen molar-refractivity contribution in [3.05, 3.63) is 175 Å². The van der Waals surface area contributed by atoms with Crippen LogP contribution >= 0.6 is 11.3 Å². The Morgan fingerprint density at radius 3 is 1.63 bits per heavy atom. The lowest BCUT2D eigenvalue weighted by Crippen LogP contribution is -2.15. The van der Waals surface area contributed by atoms with Crippen LogP contribution in [0.25, 0.3) is 87.7 Å². The van der Waals surface area contributed by atoms with Crippen molar-refractivity contribution in [3.8, 4) is 67.5 Å². The molecule has 52 heavy (non-hydrogen) atoms. The van der Waals surface area contributed by atoms with E-state index in [-0.39, 0.29) is 5.41 Å². The van der Waals surface area contributed by atoms with E-state index >= 15 is 0 Å². The second-order valence-corrected chi connectivity index (χ2v) is 15.0. The molecule has 2 heterocycles. The fourth-order valence-electron chi connectivity index (χ4n) is 7.91. The summed E-state index contributed by atoms with van der Waals surface area (Å²) in [6.07, 6.45) is 0. The third-order valence-corrected chi connectivity index (χ3v) is 11.8. The average molecular weight is 684 g/mol. The molecule has 0 radical (unpaired) electrons. The summed E-state index contributed by atoms with van der Waals surface area (Å²) in [6.45, 7) is 4.62. The molecular weight excluding hydrogens is 651 g/mol. The molecule has 0 aliphatic heterocycles. The van der Waals surface area contributed by atoms with Crippen molar-refractivity contribution in [1.82, 2.24) is 15.0 Å². The largest absolute Gasteiger partial charge is 0.208 e. The first-order valence-corrected chi connectivity index (χ1v) is 18.5. The van der Waals surface area contributed by atoms with Gasteiger partial charge in [-0.1, -0.05) is 159 Å². The molecule has 0 fully saturated rings. The molecule has 1 aliphatic rings. The number of benzene rings is 7. The van der Waals surface area contributed by atoms with Crippen LogP contribution in [0.3, 0.4) is 0 Å². The minimum absolute atomic E-state index is 0.135. The maximum Gasteiger partial charge on any atom is 0.165 e. The zero-order valence-electron chi connectivity index (χ0n) is 28.8. The highest BCUT2D eigenvalue weighted by atomic mass is 32.1. The van der Waals surface area contributed by atoms with Gasteiger partial charge in [0.15, 0.2) is 17.5 Å². The zero-order chi connectivity index (χ0) is 34.8. The van der Waals surface area contributed by atoms with Crippen LogP contribution in [0, 0.1) is 0 Å². The predicted molar refractivity (Wildman–Crippen MR) is 217 cm³/mol. The van der Waals surface area contributed by atoms with Gasteiger partial charge in [-0.3, -0.25) is 0 Å². The fraction of sp³-hybridized carbons (Fsp3) is 0.0625. The van der Waals surface area contributed by atoms with Crippen molar-refractivity contribution in [3.63, 3.8) is 0 Å². The second-order valence-electron chi connectivity index (χ2n) is 14.0. The zero-order valence-corrected chi connectivity index (χ0v) is 29.7. The van der Waals surface area contributed by atoms with Gasteiger partial charge in [0, 0.05) is 42.3 Å². The van der Waals surface area contributed by atoms with E-state index in [0.717, 1.165) is 27.8 Å². The summed E-state index contributed by atoms with van der Waals surface area (Å²) in [5, 5.41) is 2.45. The molecule has 4 heteroatoms. The molecule has 246 valence electrons. The quantitative estimate of drug-likeness (QED) is 0.181. The van der Waals surface area contributed by atoms with E-state index in [9.17, 15) is 0 Å². The number of fused-ring (bicyclic) bond motifs is 6. The number of rotatable bonds is 5. The van der Waals surface area contributed by atoms with Crippen molar-refractivity contribution < 1.29 is 0 Å². The highest BCUT2D eigenvalue weighted by Crippen LogP contribution is 2.49. The Hall–Kier alpha value is -6.23. The van der Waals surface area contributed by atoms with Gasteiger partial charge in [0.1, 0.15) is 0 Å². The van der Waals surface area contributed by atoms with Crippen LogP contribution in [0.15, 0.2) is 164 Å². The van der Waals surface area contributed by atoms with E-state index in [0.29, 0.717) is 17.5 Å². The van der Waals surface area contributed by atoms with Gasteiger partial charge in [0.05, 0.1) is 0 Å². The molecule has 0 N–H and O–H groups in total. The molecule has 0 saturated heterocycles. The summed E-state index contributed by atoms with van der Waals surface area (Å²) in [5.74, 6) is 2.00. The molecular formula is C48H33N3S. The van der Waals surface area contributed by atoms with E-state index in [4.69, 9.17) is 15.0 Å². The lowest BCUT2D eigenvalue weighted by molar-refractivity contribution is 0.660. The minimum atomic E-state index is -0.135. The smallest absolute Gasteiger partial charge is 0.165 e. The molecule has 2 aromatic heterocycles. The Morgan fingerprint density at radius 1 is 0.365 bits per heavy atom. The van der Waals surface area contributed by atoms with Crippen LogP contribution in [-0.4, -0.2) is 15.0 Å². The van der Waals surface area contributed by atoms with E-state index in [1.807, 2.05) is 17.4 Å². The standard InChI is InChI=1S/C48H33N3S/c1-48(2)41-25-10-9-20-36(41)37-27-26-34(29-42(37)48)46-49-45(33-19-11-18-32(28-33)30-14-5-3-6-15-30)50-47(51-46)40-24-13-23-39-38-22-12-21-35(43(38)52-44(39)40)31-16-7-4-8-17-31/h3-29H,1-2H3. The Balaban J connectivity index is 1.19. The van der Waals surface area contributed by atoms with Crippen LogP contribution in [0.2, 0.25) is 0 Å². The molecule has 1 aliphatic carbocycles. The first-order chi connectivity index (χ1) is 25.5. The summed E-state index contributed by atoms with van der Waals surface area (Å²) in [6, 6.07) is 58.2. The summed E-state index contributed by atoms with van der Waals surface area (Å²) < 4.78 is 2.44. The van der Waals surface area contributed by atoms with Crippen molar-refractivity contribution >= 4 is 31.5 Å². The van der Waals surface area contributed by atoms with Crippen molar-refractivity contribution in [2.24, 2.45) is 0 Å². The third kappa shape index (κ3) is 4.90. The molecule has 9 aromatic rings. The van der Waals surface area contributed by atoms with Crippen LogP contribution in [-0.2, 0) is 5.41 Å². The molecule has 0 amide bonds. The maximum atomic E-state index is 5.29. The number of aromatic nitrogens is 3. The molecule has 7 aromatic carbocycles. The highest BCUT2D eigenvalue weighted by Gasteiger charge is 2.35. The van der Waals surface area contributed by atoms with Gasteiger partial charge in [-0.2, -0.15) is 0 Å². The number of thiophene rings is 1. The summed E-state index contributed by atoms with van der Waals surface area (Å²) >= 11 is 1.82. The lowest BCUT2D eigenvalue weighted by Gasteiger charge is -2.21. The van der Waals surface area contributed by atoms with Gasteiger partial charge < -0.3 is 0 Å². The Kier molecular flexibility index (Phi) is 7.02. The summed E-state index contributed by atoms with van der Waals surface area (Å²) in [4.78, 5) is 15.8. The van der Waals surface area contributed by atoms with Crippen molar-refractivity contribution in [1.29, 1.82) is 0 Å². The summed E-state index contributed by atoms with van der Waals surface area (Å²) in [5.41, 5.74) is 12.8. The van der Waals surface area contributed by atoms with E-state index in [1.165, 1.54) is 53.6 Å². The molecule has 0 atom stereocenters. The minimum Gasteiger partial charge on any atom is -0.208 e. The van der Waals surface area contributed by atoms with E-state index in [1.54, 1.807) is 0 Å². The average Bonchev–Trinajstić information content (AvgIpc) is 3.70. The van der Waals surface area contributed by atoms with Gasteiger partial charge in [-0.15, -0.1) is 11.3 Å². The van der Waals surface area contributed by atoms with Crippen molar-refractivity contribution in [2.45, 2.75) is 19.3 Å². The van der Waals surface area contributed by atoms with E-state index in [2.05, 4.69) is 172 Å². The van der Waals surface area contributed by atoms with Crippen LogP contribution in [0.5, 0.6) is 0 Å². The number of hydrogen-bond acceptors (Lipinski definition) is 4. The molecule has 10 rings (SSSR count). The molecule has 3 nitrogen and oxygen atoms in total. The highest BCUT2D eigenvalue weighted by molar-refractivity contribution is 7.26. The first kappa shape index (κ1) is 30.6. The normalized spacial score (nSPS) is 13.0. The number of nitrogens with zero attached hydrogens (tertiary/aromatic N) is 3. The molecule has 0 saturated carbocycles. The van der Waals surface area contributed by atoms with E-state index < -0.39 is 0 Å². The number of hydrogen-bond donors (Lipinski definition) is 0. The molecule has 0 spiro atoms. The fourth-order valence-corrected chi connectivity index (χ4v) is 9.25. The molecule has 0 unspecified atom stereocenters. The second kappa shape index (κ2) is 11.9. The lowest BCUT2D eigenvalue weighted by atomic mass is 9.82. The maximum absolute atomic E-state index is 5.29. The van der Waals surface area contributed by atoms with Gasteiger partial charge in [-0.25, -0.2) is 15.0 Å². The van der Waals surface area contributed by atoms with Crippen LogP contribution in [0.1, 0.15) is 25.0 Å². The third-order valence-electron chi connectivity index (χ3n) is 10.6. The van der Waals surface area contributed by atoms with Gasteiger partial charge in [0.2, 0.25) is 0 Å². The Labute approximate surface area is 307 Å². The molecule has 0 bridgehead atoms. The monoisotopic (exact) mass is 683 g/mol. The van der Waals surface area contributed by atoms with Gasteiger partial charge >= 0.3 is 0 Å². The van der Waals surface area contributed by atoms with Gasteiger partial charge in [0.25, 0.3) is 0 Å². The Morgan fingerprint density at radius 2 is 0.885 bits per heavy atom. The topological polar surface area (TPSA) is 38.7 Å². The van der Waals surface area contributed by atoms with Gasteiger partial charge in [-0.05, 0) is 62.7 Å².